The molecule has 0 spiro atoms. The van der Waals surface area contributed by atoms with Crippen LogP contribution in [-0.4, -0.2) is 31.2 Å². The van der Waals surface area contributed by atoms with Gasteiger partial charge in [0.1, 0.15) is 0 Å². The van der Waals surface area contributed by atoms with Gasteiger partial charge in [-0.1, -0.05) is 24.3 Å². The molecule has 16 heavy (non-hydrogen) atoms. The predicted molar refractivity (Wildman–Crippen MR) is 65.5 cm³/mol. The third-order valence-corrected chi connectivity index (χ3v) is 2.27. The van der Waals surface area contributed by atoms with Crippen LogP contribution in [0.4, 0.5) is 10.5 Å². The van der Waals surface area contributed by atoms with Crippen LogP contribution in [0.5, 0.6) is 0 Å². The summed E-state index contributed by atoms with van der Waals surface area (Å²) >= 11 is 0. The Bertz CT molecular complexity index is 463. The summed E-state index contributed by atoms with van der Waals surface area (Å²) in [6, 6.07) is 7.50. The van der Waals surface area contributed by atoms with Gasteiger partial charge in [-0.2, -0.15) is 10.1 Å². The Morgan fingerprint density at radius 3 is 2.81 bits per heavy atom. The lowest BCUT2D eigenvalue weighted by Crippen LogP contribution is -2.35. The van der Waals surface area contributed by atoms with E-state index in [0.717, 1.165) is 11.3 Å². The molecule has 0 unspecified atom stereocenters. The minimum atomic E-state index is -0.160. The molecule has 0 atom stereocenters. The van der Waals surface area contributed by atoms with Crippen LogP contribution >= 0.6 is 0 Å². The van der Waals surface area contributed by atoms with Gasteiger partial charge >= 0.3 is 6.03 Å². The van der Waals surface area contributed by atoms with E-state index in [1.807, 2.05) is 36.4 Å². The molecular weight excluding hydrogens is 202 g/mol. The van der Waals surface area contributed by atoms with Gasteiger partial charge in [0.05, 0.1) is 5.69 Å². The molecule has 0 radical (unpaired) electrons. The van der Waals surface area contributed by atoms with Crippen LogP contribution in [0.3, 0.4) is 0 Å². The van der Waals surface area contributed by atoms with Gasteiger partial charge in [0.2, 0.25) is 0 Å². The van der Waals surface area contributed by atoms with Crippen LogP contribution in [0.1, 0.15) is 5.56 Å². The Morgan fingerprint density at radius 1 is 1.31 bits per heavy atom. The molecule has 1 aliphatic heterocycles. The third-order valence-electron chi connectivity index (χ3n) is 2.27. The molecule has 4 nitrogen and oxygen atoms in total. The molecule has 2 rings (SSSR count). The SMILES string of the molecule is CN(C)C(=O)N1N=CC=Cc2ccccc21. The molecule has 1 heterocycles. The smallest absolute Gasteiger partial charge is 0.329 e. The summed E-state index contributed by atoms with van der Waals surface area (Å²) in [4.78, 5) is 13.4. The zero-order valence-corrected chi connectivity index (χ0v) is 9.29. The minimum Gasteiger partial charge on any atom is -0.329 e. The Balaban J connectivity index is 2.46. The van der Waals surface area contributed by atoms with Crippen molar-refractivity contribution in [3.63, 3.8) is 0 Å². The van der Waals surface area contributed by atoms with Crippen molar-refractivity contribution in [2.45, 2.75) is 0 Å². The number of carbonyl (C=O) groups is 1. The van der Waals surface area contributed by atoms with E-state index in [1.165, 1.54) is 9.91 Å². The van der Waals surface area contributed by atoms with E-state index in [2.05, 4.69) is 5.10 Å². The van der Waals surface area contributed by atoms with E-state index in [9.17, 15) is 4.79 Å². The van der Waals surface area contributed by atoms with Crippen LogP contribution in [0.15, 0.2) is 35.4 Å². The van der Waals surface area contributed by atoms with E-state index in [1.54, 1.807) is 20.3 Å². The summed E-state index contributed by atoms with van der Waals surface area (Å²) < 4.78 is 0. The van der Waals surface area contributed by atoms with E-state index in [4.69, 9.17) is 0 Å². The second kappa shape index (κ2) is 4.18. The lowest BCUT2D eigenvalue weighted by molar-refractivity contribution is 0.224. The van der Waals surface area contributed by atoms with Crippen molar-refractivity contribution in [1.29, 1.82) is 0 Å². The van der Waals surface area contributed by atoms with Gasteiger partial charge in [0.25, 0.3) is 0 Å². The first-order chi connectivity index (χ1) is 7.70. The van der Waals surface area contributed by atoms with Gasteiger partial charge in [-0.3, -0.25) is 0 Å². The van der Waals surface area contributed by atoms with Gasteiger partial charge in [-0.05, 0) is 12.1 Å². The van der Waals surface area contributed by atoms with Crippen molar-refractivity contribution in [3.8, 4) is 0 Å². The molecule has 0 saturated heterocycles. The van der Waals surface area contributed by atoms with E-state index < -0.39 is 0 Å². The molecule has 82 valence electrons. The van der Waals surface area contributed by atoms with Gasteiger partial charge in [0.15, 0.2) is 0 Å². The predicted octanol–water partition coefficient (Wildman–Crippen LogP) is 2.19. The minimum absolute atomic E-state index is 0.160. The van der Waals surface area contributed by atoms with Crippen LogP contribution in [0.25, 0.3) is 6.08 Å². The van der Waals surface area contributed by atoms with Crippen molar-refractivity contribution in [1.82, 2.24) is 4.90 Å². The number of fused-ring (bicyclic) bond motifs is 1. The van der Waals surface area contributed by atoms with Crippen LogP contribution < -0.4 is 5.01 Å². The van der Waals surface area contributed by atoms with Crippen molar-refractivity contribution < 1.29 is 4.79 Å². The molecule has 0 aromatic heterocycles. The summed E-state index contributed by atoms with van der Waals surface area (Å²) in [7, 11) is 3.41. The van der Waals surface area contributed by atoms with Crippen molar-refractivity contribution in [2.75, 3.05) is 19.1 Å². The highest BCUT2D eigenvalue weighted by molar-refractivity contribution is 5.97. The van der Waals surface area contributed by atoms with E-state index >= 15 is 0 Å². The molecule has 0 fully saturated rings. The lowest BCUT2D eigenvalue weighted by atomic mass is 10.1. The third kappa shape index (κ3) is 1.82. The van der Waals surface area contributed by atoms with Gasteiger partial charge in [0, 0.05) is 25.9 Å². The first-order valence-electron chi connectivity index (χ1n) is 5.01. The number of anilines is 1. The van der Waals surface area contributed by atoms with E-state index in [-0.39, 0.29) is 6.03 Å². The average molecular weight is 215 g/mol. The molecule has 0 saturated carbocycles. The summed E-state index contributed by atoms with van der Waals surface area (Å²) in [5.74, 6) is 0. The molecule has 1 aliphatic rings. The van der Waals surface area contributed by atoms with Crippen molar-refractivity contribution in [2.24, 2.45) is 5.10 Å². The van der Waals surface area contributed by atoms with Crippen molar-refractivity contribution >= 4 is 24.0 Å². The molecular formula is C12H13N3O. The number of carbonyl (C=O) groups excluding carboxylic acids is 1. The monoisotopic (exact) mass is 215 g/mol. The maximum atomic E-state index is 11.9. The quantitative estimate of drug-likeness (QED) is 0.653. The number of nitrogens with zero attached hydrogens (tertiary/aromatic N) is 3. The maximum absolute atomic E-state index is 11.9. The highest BCUT2D eigenvalue weighted by Crippen LogP contribution is 2.24. The highest BCUT2D eigenvalue weighted by atomic mass is 16.2. The number of hydrazone groups is 1. The Hall–Kier alpha value is -2.10. The molecule has 1 aromatic carbocycles. The first kappa shape index (κ1) is 10.4. The number of hydrogen-bond donors (Lipinski definition) is 0. The number of urea groups is 1. The van der Waals surface area contributed by atoms with Crippen LogP contribution in [0.2, 0.25) is 0 Å². The number of rotatable bonds is 0. The zero-order chi connectivity index (χ0) is 11.5. The number of hydrogen-bond acceptors (Lipinski definition) is 2. The van der Waals surface area contributed by atoms with Crippen LogP contribution in [0, 0.1) is 0 Å². The second-order valence-corrected chi connectivity index (χ2v) is 3.67. The first-order valence-corrected chi connectivity index (χ1v) is 5.01. The molecule has 0 aliphatic carbocycles. The van der Waals surface area contributed by atoms with Crippen molar-refractivity contribution in [3.05, 3.63) is 35.9 Å². The fourth-order valence-corrected chi connectivity index (χ4v) is 1.48. The molecule has 0 N–H and O–H groups in total. The maximum Gasteiger partial charge on any atom is 0.344 e. The Morgan fingerprint density at radius 2 is 2.06 bits per heavy atom. The van der Waals surface area contributed by atoms with Gasteiger partial charge in [-0.15, -0.1) is 0 Å². The van der Waals surface area contributed by atoms with Gasteiger partial charge in [-0.25, -0.2) is 4.79 Å². The lowest BCUT2D eigenvalue weighted by Gasteiger charge is -2.21. The summed E-state index contributed by atoms with van der Waals surface area (Å²) in [6.45, 7) is 0. The standard InChI is InChI=1S/C12H13N3O/c1-14(2)12(16)15-11-8-4-3-6-10(11)7-5-9-13-15/h3-9H,1-2H3. The number of amides is 2. The highest BCUT2D eigenvalue weighted by Gasteiger charge is 2.19. The number of allylic oxidation sites excluding steroid dienone is 1. The molecule has 4 heteroatoms. The summed E-state index contributed by atoms with van der Waals surface area (Å²) in [6.07, 6.45) is 5.37. The molecule has 1 aromatic rings. The van der Waals surface area contributed by atoms with E-state index in [0.29, 0.717) is 0 Å². The second-order valence-electron chi connectivity index (χ2n) is 3.67. The molecule has 2 amide bonds. The van der Waals surface area contributed by atoms with Crippen LogP contribution in [-0.2, 0) is 0 Å². The number of para-hydroxylation sites is 1. The largest absolute Gasteiger partial charge is 0.344 e. The Kier molecular flexibility index (Phi) is 2.72. The topological polar surface area (TPSA) is 35.9 Å². The zero-order valence-electron chi connectivity index (χ0n) is 9.29. The summed E-state index contributed by atoms with van der Waals surface area (Å²) in [5.41, 5.74) is 1.78. The number of benzene rings is 1. The average Bonchev–Trinajstić information content (AvgIpc) is 2.50. The fourth-order valence-electron chi connectivity index (χ4n) is 1.48. The fraction of sp³-hybridized carbons (Fsp3) is 0.167. The Labute approximate surface area is 94.5 Å². The summed E-state index contributed by atoms with van der Waals surface area (Å²) in [5, 5.41) is 5.51. The molecule has 0 bridgehead atoms. The van der Waals surface area contributed by atoms with Gasteiger partial charge < -0.3 is 4.90 Å². The normalized spacial score (nSPS) is 13.2.